The van der Waals surface area contributed by atoms with Crippen molar-refractivity contribution in [2.24, 2.45) is 5.41 Å². The molecule has 4 nitrogen and oxygen atoms in total. The predicted molar refractivity (Wildman–Crippen MR) is 88.3 cm³/mol. The first-order chi connectivity index (χ1) is 9.78. The number of hydrogen-bond donors (Lipinski definition) is 0. The largest absolute Gasteiger partial charge is 0.299 e. The molecule has 0 bridgehead atoms. The molecule has 0 radical (unpaired) electrons. The van der Waals surface area contributed by atoms with Crippen LogP contribution in [0.3, 0.4) is 0 Å². The third-order valence-electron chi connectivity index (χ3n) is 4.57. The van der Waals surface area contributed by atoms with Crippen molar-refractivity contribution in [2.45, 2.75) is 52.1 Å². The minimum Gasteiger partial charge on any atom is -0.299 e. The Kier molecular flexibility index (Phi) is 5.04. The molecule has 21 heavy (non-hydrogen) atoms. The van der Waals surface area contributed by atoms with Crippen LogP contribution in [-0.2, 0) is 6.54 Å². The highest BCUT2D eigenvalue weighted by atomic mass is 79.9. The van der Waals surface area contributed by atoms with Crippen molar-refractivity contribution < 1.29 is 4.92 Å². The molecule has 0 atom stereocenters. The van der Waals surface area contributed by atoms with Gasteiger partial charge in [-0.05, 0) is 65.7 Å². The normalized spacial score (nSPS) is 18.9. The zero-order valence-electron chi connectivity index (χ0n) is 12.9. The summed E-state index contributed by atoms with van der Waals surface area (Å²) >= 11 is 3.23. The van der Waals surface area contributed by atoms with Crippen molar-refractivity contribution in [3.05, 3.63) is 38.3 Å². The van der Waals surface area contributed by atoms with Crippen molar-refractivity contribution in [3.8, 4) is 0 Å². The maximum absolute atomic E-state index is 11.0. The molecule has 0 amide bonds. The van der Waals surface area contributed by atoms with Gasteiger partial charge in [-0.3, -0.25) is 15.0 Å². The minimum absolute atomic E-state index is 0.144. The number of rotatable bonds is 4. The van der Waals surface area contributed by atoms with Crippen LogP contribution in [-0.4, -0.2) is 22.9 Å². The molecule has 0 aromatic heterocycles. The molecule has 0 aliphatic heterocycles. The van der Waals surface area contributed by atoms with Crippen molar-refractivity contribution in [2.75, 3.05) is 7.05 Å². The van der Waals surface area contributed by atoms with Crippen LogP contribution in [0.25, 0.3) is 0 Å². The molecule has 5 heteroatoms. The zero-order valence-corrected chi connectivity index (χ0v) is 14.5. The van der Waals surface area contributed by atoms with Crippen LogP contribution in [0.4, 0.5) is 5.69 Å². The summed E-state index contributed by atoms with van der Waals surface area (Å²) in [6.07, 6.45) is 4.93. The lowest BCUT2D eigenvalue weighted by Crippen LogP contribution is -2.36. The highest BCUT2D eigenvalue weighted by Crippen LogP contribution is 2.37. The second-order valence-corrected chi connectivity index (χ2v) is 7.71. The van der Waals surface area contributed by atoms with Gasteiger partial charge in [-0.15, -0.1) is 0 Å². The Morgan fingerprint density at radius 1 is 1.38 bits per heavy atom. The number of halogens is 1. The molecule has 0 saturated heterocycles. The first-order valence-corrected chi connectivity index (χ1v) is 8.21. The standard InChI is InChI=1S/C16H23BrN2O2/c1-16(2)8-6-13(7-9-16)18(3)11-12-4-5-14(17)15(10-12)19(20)21/h4-5,10,13H,6-9,11H2,1-3H3. The van der Waals surface area contributed by atoms with E-state index < -0.39 is 0 Å². The van der Waals surface area contributed by atoms with E-state index in [1.807, 2.05) is 6.07 Å². The van der Waals surface area contributed by atoms with Crippen LogP contribution in [0.1, 0.15) is 45.1 Å². The van der Waals surface area contributed by atoms with Crippen LogP contribution in [0, 0.1) is 15.5 Å². The third-order valence-corrected chi connectivity index (χ3v) is 5.24. The molecule has 0 spiro atoms. The number of nitro benzene ring substituents is 1. The minimum atomic E-state index is -0.337. The topological polar surface area (TPSA) is 46.4 Å². The van der Waals surface area contributed by atoms with Crippen molar-refractivity contribution in [3.63, 3.8) is 0 Å². The fraction of sp³-hybridized carbons (Fsp3) is 0.625. The summed E-state index contributed by atoms with van der Waals surface area (Å²) in [5.74, 6) is 0. The summed E-state index contributed by atoms with van der Waals surface area (Å²) in [7, 11) is 2.12. The lowest BCUT2D eigenvalue weighted by molar-refractivity contribution is -0.385. The summed E-state index contributed by atoms with van der Waals surface area (Å²) in [5.41, 5.74) is 1.61. The Bertz CT molecular complexity index is 521. The second kappa shape index (κ2) is 6.44. The van der Waals surface area contributed by atoms with E-state index in [1.165, 1.54) is 25.7 Å². The van der Waals surface area contributed by atoms with Crippen LogP contribution in [0.2, 0.25) is 0 Å². The van der Waals surface area contributed by atoms with Gasteiger partial charge in [0.15, 0.2) is 0 Å². The fourth-order valence-electron chi connectivity index (χ4n) is 3.04. The van der Waals surface area contributed by atoms with Gasteiger partial charge in [0.25, 0.3) is 5.69 Å². The summed E-state index contributed by atoms with van der Waals surface area (Å²) in [4.78, 5) is 13.0. The van der Waals surface area contributed by atoms with Gasteiger partial charge in [-0.25, -0.2) is 0 Å². The third kappa shape index (κ3) is 4.27. The van der Waals surface area contributed by atoms with Crippen molar-refractivity contribution in [1.82, 2.24) is 4.90 Å². The first kappa shape index (κ1) is 16.4. The summed E-state index contributed by atoms with van der Waals surface area (Å²) < 4.78 is 0.540. The molecule has 1 aliphatic rings. The molecule has 0 N–H and O–H groups in total. The fourth-order valence-corrected chi connectivity index (χ4v) is 3.43. The monoisotopic (exact) mass is 354 g/mol. The van der Waals surface area contributed by atoms with E-state index in [-0.39, 0.29) is 10.6 Å². The van der Waals surface area contributed by atoms with Crippen LogP contribution >= 0.6 is 15.9 Å². The van der Waals surface area contributed by atoms with E-state index in [0.717, 1.165) is 12.1 Å². The number of nitro groups is 1. The second-order valence-electron chi connectivity index (χ2n) is 6.85. The molecular weight excluding hydrogens is 332 g/mol. The van der Waals surface area contributed by atoms with Crippen LogP contribution < -0.4 is 0 Å². The lowest BCUT2D eigenvalue weighted by Gasteiger charge is -2.38. The molecule has 0 heterocycles. The summed E-state index contributed by atoms with van der Waals surface area (Å²) in [6.45, 7) is 5.43. The Balaban J connectivity index is 2.01. The van der Waals surface area contributed by atoms with Crippen molar-refractivity contribution >= 4 is 21.6 Å². The molecule has 1 aromatic carbocycles. The van der Waals surface area contributed by atoms with E-state index in [2.05, 4.69) is 41.7 Å². The smallest absolute Gasteiger partial charge is 0.283 e. The van der Waals surface area contributed by atoms with Gasteiger partial charge < -0.3 is 0 Å². The molecule has 1 fully saturated rings. The average Bonchev–Trinajstić information content (AvgIpc) is 2.40. The van der Waals surface area contributed by atoms with Gasteiger partial charge in [0.1, 0.15) is 0 Å². The molecule has 2 rings (SSSR count). The van der Waals surface area contributed by atoms with Gasteiger partial charge in [0, 0.05) is 18.7 Å². The Morgan fingerprint density at radius 2 is 2.00 bits per heavy atom. The Morgan fingerprint density at radius 3 is 2.57 bits per heavy atom. The highest BCUT2D eigenvalue weighted by molar-refractivity contribution is 9.10. The average molecular weight is 355 g/mol. The van der Waals surface area contributed by atoms with E-state index in [9.17, 15) is 10.1 Å². The molecule has 1 saturated carbocycles. The van der Waals surface area contributed by atoms with Gasteiger partial charge >= 0.3 is 0 Å². The molecule has 1 aromatic rings. The zero-order chi connectivity index (χ0) is 15.6. The summed E-state index contributed by atoms with van der Waals surface area (Å²) in [6, 6.07) is 5.99. The maximum Gasteiger partial charge on any atom is 0.283 e. The SMILES string of the molecule is CN(Cc1ccc(Br)c([N+](=O)[O-])c1)C1CCC(C)(C)CC1. The van der Waals surface area contributed by atoms with E-state index >= 15 is 0 Å². The number of benzene rings is 1. The van der Waals surface area contributed by atoms with E-state index in [4.69, 9.17) is 0 Å². The molecule has 1 aliphatic carbocycles. The Hall–Kier alpha value is -0.940. The van der Waals surface area contributed by atoms with Gasteiger partial charge in [0.2, 0.25) is 0 Å². The Labute approximate surface area is 134 Å². The molecular formula is C16H23BrN2O2. The summed E-state index contributed by atoms with van der Waals surface area (Å²) in [5, 5.41) is 11.0. The van der Waals surface area contributed by atoms with Gasteiger partial charge in [-0.2, -0.15) is 0 Å². The first-order valence-electron chi connectivity index (χ1n) is 7.41. The lowest BCUT2D eigenvalue weighted by atomic mass is 9.75. The van der Waals surface area contributed by atoms with Crippen LogP contribution in [0.5, 0.6) is 0 Å². The quantitative estimate of drug-likeness (QED) is 0.578. The number of hydrogen-bond acceptors (Lipinski definition) is 3. The van der Waals surface area contributed by atoms with Crippen LogP contribution in [0.15, 0.2) is 22.7 Å². The highest BCUT2D eigenvalue weighted by Gasteiger charge is 2.28. The molecule has 0 unspecified atom stereocenters. The van der Waals surface area contributed by atoms with Gasteiger partial charge in [-0.1, -0.05) is 19.9 Å². The predicted octanol–water partition coefficient (Wildman–Crippen LogP) is 4.76. The number of nitrogens with zero attached hydrogens (tertiary/aromatic N) is 2. The maximum atomic E-state index is 11.0. The van der Waals surface area contributed by atoms with E-state index in [0.29, 0.717) is 15.9 Å². The van der Waals surface area contributed by atoms with E-state index in [1.54, 1.807) is 12.1 Å². The molecule has 116 valence electrons. The van der Waals surface area contributed by atoms with Crippen molar-refractivity contribution in [1.29, 1.82) is 0 Å². The van der Waals surface area contributed by atoms with Gasteiger partial charge in [0.05, 0.1) is 9.40 Å².